The fourth-order valence-electron chi connectivity index (χ4n) is 1.92. The zero-order valence-electron chi connectivity index (χ0n) is 9.65. The van der Waals surface area contributed by atoms with E-state index in [4.69, 9.17) is 22.1 Å². The van der Waals surface area contributed by atoms with Gasteiger partial charge in [-0.1, -0.05) is 11.6 Å². The van der Waals surface area contributed by atoms with Crippen molar-refractivity contribution < 1.29 is 9.53 Å². The summed E-state index contributed by atoms with van der Waals surface area (Å²) in [6, 6.07) is 4.91. The summed E-state index contributed by atoms with van der Waals surface area (Å²) in [5.41, 5.74) is 6.71. The molecular formula is C12H15ClN2O2. The molecule has 4 nitrogen and oxygen atoms in total. The van der Waals surface area contributed by atoms with E-state index < -0.39 is 0 Å². The average Bonchev–Trinajstić information content (AvgIpc) is 2.26. The Morgan fingerprint density at radius 1 is 1.53 bits per heavy atom. The van der Waals surface area contributed by atoms with Crippen molar-refractivity contribution in [3.63, 3.8) is 0 Å². The number of amides is 1. The molecule has 2 rings (SSSR count). The van der Waals surface area contributed by atoms with E-state index in [0.29, 0.717) is 36.0 Å². The fourth-order valence-corrected chi connectivity index (χ4v) is 2.16. The highest BCUT2D eigenvalue weighted by atomic mass is 35.5. The maximum Gasteiger partial charge on any atom is 0.254 e. The minimum absolute atomic E-state index is 0.0469. The molecule has 0 saturated carbocycles. The summed E-state index contributed by atoms with van der Waals surface area (Å²) in [7, 11) is 0. The van der Waals surface area contributed by atoms with E-state index in [2.05, 4.69) is 0 Å². The van der Waals surface area contributed by atoms with Crippen LogP contribution in [-0.4, -0.2) is 36.6 Å². The number of ether oxygens (including phenoxy) is 1. The number of benzene rings is 1. The molecular weight excluding hydrogens is 240 g/mol. The molecule has 1 amide bonds. The van der Waals surface area contributed by atoms with Gasteiger partial charge in [0.2, 0.25) is 0 Å². The van der Waals surface area contributed by atoms with Gasteiger partial charge in [0, 0.05) is 29.4 Å². The van der Waals surface area contributed by atoms with Crippen molar-refractivity contribution in [2.45, 2.75) is 13.0 Å². The summed E-state index contributed by atoms with van der Waals surface area (Å²) in [4.78, 5) is 14.0. The molecule has 1 aromatic carbocycles. The molecule has 92 valence electrons. The van der Waals surface area contributed by atoms with Gasteiger partial charge in [0.15, 0.2) is 0 Å². The lowest BCUT2D eigenvalue weighted by atomic mass is 10.1. The highest BCUT2D eigenvalue weighted by Crippen LogP contribution is 2.19. The van der Waals surface area contributed by atoms with Crippen LogP contribution in [0.2, 0.25) is 5.02 Å². The second kappa shape index (κ2) is 4.94. The first-order valence-electron chi connectivity index (χ1n) is 5.53. The number of carbonyl (C=O) groups excluding carboxylic acids is 1. The molecule has 1 aromatic rings. The van der Waals surface area contributed by atoms with Crippen LogP contribution < -0.4 is 5.73 Å². The summed E-state index contributed by atoms with van der Waals surface area (Å²) in [5.74, 6) is -0.0469. The molecule has 5 heteroatoms. The number of halogens is 1. The molecule has 0 spiro atoms. The first-order chi connectivity index (χ1) is 8.06. The van der Waals surface area contributed by atoms with Crippen LogP contribution in [-0.2, 0) is 4.74 Å². The predicted molar refractivity (Wildman–Crippen MR) is 67.2 cm³/mol. The Morgan fingerprint density at radius 2 is 2.29 bits per heavy atom. The van der Waals surface area contributed by atoms with Crippen LogP contribution in [0.4, 0.5) is 5.69 Å². The van der Waals surface area contributed by atoms with Crippen LogP contribution in [0.5, 0.6) is 0 Å². The maximum absolute atomic E-state index is 12.2. The van der Waals surface area contributed by atoms with Crippen molar-refractivity contribution in [1.82, 2.24) is 4.90 Å². The zero-order chi connectivity index (χ0) is 12.4. The molecule has 1 aliphatic heterocycles. The first-order valence-corrected chi connectivity index (χ1v) is 5.91. The van der Waals surface area contributed by atoms with E-state index in [1.165, 1.54) is 0 Å². The van der Waals surface area contributed by atoms with Crippen molar-refractivity contribution in [2.24, 2.45) is 0 Å². The summed E-state index contributed by atoms with van der Waals surface area (Å²) in [6.07, 6.45) is 0.0734. The maximum atomic E-state index is 12.2. The monoisotopic (exact) mass is 254 g/mol. The summed E-state index contributed by atoms with van der Waals surface area (Å²) in [6.45, 7) is 3.73. The third kappa shape index (κ3) is 2.90. The second-order valence-electron chi connectivity index (χ2n) is 4.21. The fraction of sp³-hybridized carbons (Fsp3) is 0.417. The molecule has 0 aromatic heterocycles. The van der Waals surface area contributed by atoms with Gasteiger partial charge in [-0.05, 0) is 25.1 Å². The molecule has 0 bridgehead atoms. The molecule has 1 aliphatic rings. The number of nitrogens with zero attached hydrogens (tertiary/aromatic N) is 1. The number of carbonyl (C=O) groups is 1. The summed E-state index contributed by atoms with van der Waals surface area (Å²) < 4.78 is 5.40. The third-order valence-corrected chi connectivity index (χ3v) is 2.91. The van der Waals surface area contributed by atoms with Crippen LogP contribution in [0.3, 0.4) is 0 Å². The minimum atomic E-state index is -0.0469. The Bertz CT molecular complexity index is 416. The number of rotatable bonds is 1. The quantitative estimate of drug-likeness (QED) is 0.778. The Kier molecular flexibility index (Phi) is 3.54. The van der Waals surface area contributed by atoms with Crippen molar-refractivity contribution in [1.29, 1.82) is 0 Å². The molecule has 1 saturated heterocycles. The van der Waals surface area contributed by atoms with Gasteiger partial charge in [-0.25, -0.2) is 0 Å². The molecule has 2 N–H and O–H groups in total. The SMILES string of the molecule is CC1CN(C(=O)c2cc(N)cc(Cl)c2)CCO1. The third-order valence-electron chi connectivity index (χ3n) is 2.70. The molecule has 1 unspecified atom stereocenters. The van der Waals surface area contributed by atoms with Crippen LogP contribution in [0.25, 0.3) is 0 Å². The normalized spacial score (nSPS) is 20.4. The standard InChI is InChI=1S/C12H15ClN2O2/c1-8-7-15(2-3-17-8)12(16)9-4-10(13)6-11(14)5-9/h4-6,8H,2-3,7,14H2,1H3. The number of nitrogens with two attached hydrogens (primary N) is 1. The van der Waals surface area contributed by atoms with Crippen LogP contribution in [0.1, 0.15) is 17.3 Å². The van der Waals surface area contributed by atoms with Gasteiger partial charge in [-0.3, -0.25) is 4.79 Å². The van der Waals surface area contributed by atoms with Crippen molar-refractivity contribution in [3.05, 3.63) is 28.8 Å². The van der Waals surface area contributed by atoms with Crippen LogP contribution >= 0.6 is 11.6 Å². The van der Waals surface area contributed by atoms with Crippen LogP contribution in [0, 0.1) is 0 Å². The van der Waals surface area contributed by atoms with Crippen molar-refractivity contribution >= 4 is 23.2 Å². The lowest BCUT2D eigenvalue weighted by molar-refractivity contribution is -0.0124. The van der Waals surface area contributed by atoms with Gasteiger partial charge in [0.25, 0.3) is 5.91 Å². The first kappa shape index (κ1) is 12.2. The smallest absolute Gasteiger partial charge is 0.254 e. The average molecular weight is 255 g/mol. The largest absolute Gasteiger partial charge is 0.399 e. The predicted octanol–water partition coefficient (Wildman–Crippen LogP) is 1.78. The van der Waals surface area contributed by atoms with Gasteiger partial charge in [0.1, 0.15) is 0 Å². The minimum Gasteiger partial charge on any atom is -0.399 e. The Labute approximate surface area is 105 Å². The van der Waals surface area contributed by atoms with E-state index in [0.717, 1.165) is 0 Å². The van der Waals surface area contributed by atoms with Crippen LogP contribution in [0.15, 0.2) is 18.2 Å². The molecule has 0 radical (unpaired) electrons. The van der Waals surface area contributed by atoms with Gasteiger partial charge < -0.3 is 15.4 Å². The Morgan fingerprint density at radius 3 is 2.94 bits per heavy atom. The topological polar surface area (TPSA) is 55.6 Å². The Balaban J connectivity index is 2.18. The highest BCUT2D eigenvalue weighted by molar-refractivity contribution is 6.31. The number of hydrogen-bond donors (Lipinski definition) is 1. The number of morpholine rings is 1. The molecule has 1 fully saturated rings. The van der Waals surface area contributed by atoms with Gasteiger partial charge >= 0.3 is 0 Å². The van der Waals surface area contributed by atoms with E-state index in [1.807, 2.05) is 6.92 Å². The van der Waals surface area contributed by atoms with E-state index >= 15 is 0 Å². The summed E-state index contributed by atoms with van der Waals surface area (Å²) >= 11 is 5.89. The lowest BCUT2D eigenvalue weighted by Gasteiger charge is -2.31. The van der Waals surface area contributed by atoms with Crippen molar-refractivity contribution in [3.8, 4) is 0 Å². The molecule has 1 atom stereocenters. The molecule has 17 heavy (non-hydrogen) atoms. The summed E-state index contributed by atoms with van der Waals surface area (Å²) in [5, 5.41) is 0.481. The lowest BCUT2D eigenvalue weighted by Crippen LogP contribution is -2.44. The zero-order valence-corrected chi connectivity index (χ0v) is 10.4. The molecule has 0 aliphatic carbocycles. The highest BCUT2D eigenvalue weighted by Gasteiger charge is 2.22. The van der Waals surface area contributed by atoms with Crippen molar-refractivity contribution in [2.75, 3.05) is 25.4 Å². The number of anilines is 1. The van der Waals surface area contributed by atoms with E-state index in [1.54, 1.807) is 23.1 Å². The van der Waals surface area contributed by atoms with Gasteiger partial charge in [-0.15, -0.1) is 0 Å². The van der Waals surface area contributed by atoms with E-state index in [9.17, 15) is 4.79 Å². The second-order valence-corrected chi connectivity index (χ2v) is 4.64. The van der Waals surface area contributed by atoms with Gasteiger partial charge in [-0.2, -0.15) is 0 Å². The number of nitrogen functional groups attached to an aromatic ring is 1. The Hall–Kier alpha value is -1.26. The van der Waals surface area contributed by atoms with E-state index in [-0.39, 0.29) is 12.0 Å². The number of hydrogen-bond acceptors (Lipinski definition) is 3. The molecule has 1 heterocycles. The van der Waals surface area contributed by atoms with Gasteiger partial charge in [0.05, 0.1) is 12.7 Å².